The smallest absolute Gasteiger partial charge is 0.858 e. The molecule has 310 valence electrons. The molecule has 0 saturated heterocycles. The maximum atomic E-state index is 11.1. The zero-order valence-corrected chi connectivity index (χ0v) is 43.7. The van der Waals surface area contributed by atoms with E-state index in [0.29, 0.717) is 0 Å². The summed E-state index contributed by atoms with van der Waals surface area (Å²) in [6, 6.07) is 30.1. The molecule has 5 aliphatic rings. The summed E-state index contributed by atoms with van der Waals surface area (Å²) in [7, 11) is -18.1. The molecule has 2 amide bonds. The van der Waals surface area contributed by atoms with Gasteiger partial charge < -0.3 is 15.3 Å². The summed E-state index contributed by atoms with van der Waals surface area (Å²) < 4.78 is 124. The quantitative estimate of drug-likeness (QED) is 0.136. The van der Waals surface area contributed by atoms with Crippen molar-refractivity contribution in [1.29, 1.82) is 0 Å². The third kappa shape index (κ3) is 11.9. The first-order valence-electron chi connectivity index (χ1n) is 16.2. The van der Waals surface area contributed by atoms with Gasteiger partial charge in [-0.1, -0.05) is 78.9 Å². The minimum absolute atomic E-state index is 0. The number of amides is 2. The van der Waals surface area contributed by atoms with Crippen LogP contribution in [0.4, 0.5) is 0 Å². The Balaban J connectivity index is 0.000000207. The summed E-state index contributed by atoms with van der Waals surface area (Å²) in [5.74, 6) is -3.13. The Morgan fingerprint density at radius 2 is 0.571 bits per heavy atom. The molecule has 5 aliphatic heterocycles. The predicted octanol–water partition coefficient (Wildman–Crippen LogP) is -7.65. The standard InChI is InChI=1S/5C7H5NO3S.Ca.K.Na/c5*9-7-5-3-1-2-4-6(5)12(10,11)8-7;;;/h5*1-4H,(H,8,9);;;/q;;;;;+2;2*+1/p-3. The van der Waals surface area contributed by atoms with Crippen molar-refractivity contribution < 1.29 is 148 Å². The van der Waals surface area contributed by atoms with Crippen molar-refractivity contribution in [2.24, 2.45) is 13.2 Å². The van der Waals surface area contributed by atoms with E-state index in [1.54, 1.807) is 60.7 Å². The van der Waals surface area contributed by atoms with E-state index in [-0.39, 0.29) is 171 Å². The average Bonchev–Trinajstić information content (AvgIpc) is 3.86. The third-order valence-corrected chi connectivity index (χ3v) is 14.8. The monoisotopic (exact) mass is 1010 g/mol. The van der Waals surface area contributed by atoms with Crippen LogP contribution in [0.15, 0.2) is 159 Å². The van der Waals surface area contributed by atoms with Crippen LogP contribution in [0.5, 0.6) is 0 Å². The van der Waals surface area contributed by atoms with Gasteiger partial charge in [-0.05, 0) is 42.5 Å². The molecule has 2 N–H and O–H groups in total. The second-order valence-corrected chi connectivity index (χ2v) is 20.0. The summed E-state index contributed by atoms with van der Waals surface area (Å²) >= 11 is 0. The zero-order chi connectivity index (χ0) is 43.8. The molecule has 20 nitrogen and oxygen atoms in total. The first kappa shape index (κ1) is 54.4. The van der Waals surface area contributed by atoms with E-state index < -0.39 is 79.6 Å². The fraction of sp³-hybridized carbons (Fsp3) is 0. The van der Waals surface area contributed by atoms with Crippen molar-refractivity contribution in [3.05, 3.63) is 149 Å². The van der Waals surface area contributed by atoms with E-state index in [1.807, 2.05) is 9.44 Å². The first-order valence-corrected chi connectivity index (χ1v) is 23.5. The van der Waals surface area contributed by atoms with Crippen LogP contribution in [0, 0.1) is 0 Å². The number of benzene rings is 5. The van der Waals surface area contributed by atoms with Crippen LogP contribution in [0.1, 0.15) is 37.4 Å². The summed E-state index contributed by atoms with van der Waals surface area (Å²) in [6.07, 6.45) is 0. The van der Waals surface area contributed by atoms with Crippen LogP contribution in [0.25, 0.3) is 0 Å². The van der Waals surface area contributed by atoms with E-state index in [1.165, 1.54) is 60.7 Å². The van der Waals surface area contributed by atoms with E-state index in [0.717, 1.165) is 0 Å². The molecule has 5 aromatic rings. The number of nitrogens with one attached hydrogen (secondary N) is 2. The first-order chi connectivity index (χ1) is 28.1. The minimum Gasteiger partial charge on any atom is -0.858 e. The van der Waals surface area contributed by atoms with E-state index in [4.69, 9.17) is 0 Å². The van der Waals surface area contributed by atoms with Crippen LogP contribution in [-0.2, 0) is 50.1 Å². The molecule has 0 atom stereocenters. The average molecular weight is 1020 g/mol. The van der Waals surface area contributed by atoms with Gasteiger partial charge in [0, 0.05) is 34.4 Å². The molecule has 0 bridgehead atoms. The zero-order valence-electron chi connectivity index (χ0n) is 32.3. The van der Waals surface area contributed by atoms with E-state index in [2.05, 4.69) is 13.2 Å². The van der Waals surface area contributed by atoms with Gasteiger partial charge in [-0.3, -0.25) is 9.59 Å². The molecule has 0 aromatic heterocycles. The molecule has 0 aliphatic carbocycles. The Hall–Kier alpha value is -2.90. The number of carbonyl (C=O) groups excluding carboxylic acids is 2. The van der Waals surface area contributed by atoms with Gasteiger partial charge in [0.15, 0.2) is 0 Å². The predicted molar refractivity (Wildman–Crippen MR) is 208 cm³/mol. The Kier molecular flexibility index (Phi) is 18.3. The van der Waals surface area contributed by atoms with Crippen molar-refractivity contribution in [2.75, 3.05) is 0 Å². The number of hydrogen-bond donors (Lipinski definition) is 2. The van der Waals surface area contributed by atoms with Gasteiger partial charge in [0.25, 0.3) is 61.9 Å². The van der Waals surface area contributed by atoms with Gasteiger partial charge in [-0.15, -0.1) is 0 Å². The van der Waals surface area contributed by atoms with Crippen LogP contribution < -0.4 is 106 Å². The number of hydrogen-bond acceptors (Lipinski definition) is 15. The fourth-order valence-electron chi connectivity index (χ4n) is 5.47. The van der Waals surface area contributed by atoms with Crippen LogP contribution in [0.2, 0.25) is 0 Å². The number of fused-ring (bicyclic) bond motifs is 5. The van der Waals surface area contributed by atoms with Crippen LogP contribution >= 0.6 is 0 Å². The molecule has 0 unspecified atom stereocenters. The van der Waals surface area contributed by atoms with Crippen LogP contribution in [0.3, 0.4) is 0 Å². The Morgan fingerprint density at radius 1 is 0.365 bits per heavy atom. The van der Waals surface area contributed by atoms with Crippen molar-refractivity contribution in [1.82, 2.24) is 9.44 Å². The molecule has 5 heterocycles. The van der Waals surface area contributed by atoms with Crippen LogP contribution in [-0.4, -0.2) is 109 Å². The number of carbonyl (C=O) groups is 2. The molecular weight excluding hydrogens is 993 g/mol. The van der Waals surface area contributed by atoms with Gasteiger partial charge in [-0.2, -0.15) is 38.4 Å². The summed E-state index contributed by atoms with van der Waals surface area (Å²) in [5.41, 5.74) is 0.933. The van der Waals surface area contributed by atoms with Gasteiger partial charge >= 0.3 is 119 Å². The molecule has 0 saturated carbocycles. The Bertz CT molecular complexity index is 3020. The molecule has 28 heteroatoms. The fourth-order valence-corrected chi connectivity index (χ4v) is 11.1. The van der Waals surface area contributed by atoms with E-state index >= 15 is 0 Å². The molecule has 63 heavy (non-hydrogen) atoms. The summed E-state index contributed by atoms with van der Waals surface area (Å²) in [4.78, 5) is 22.1. The molecule has 0 fully saturated rings. The second kappa shape index (κ2) is 21.2. The summed E-state index contributed by atoms with van der Waals surface area (Å²) in [5, 5.41) is 32.8. The van der Waals surface area contributed by atoms with Crippen molar-refractivity contribution in [3.8, 4) is 0 Å². The van der Waals surface area contributed by atoms with Gasteiger partial charge in [0.1, 0.15) is 9.79 Å². The Labute approximate surface area is 454 Å². The maximum Gasteiger partial charge on any atom is 2.00 e. The Morgan fingerprint density at radius 3 is 0.794 bits per heavy atom. The molecule has 0 radical (unpaired) electrons. The van der Waals surface area contributed by atoms with Crippen molar-refractivity contribution in [2.45, 2.75) is 24.5 Å². The van der Waals surface area contributed by atoms with Crippen molar-refractivity contribution >= 4 is 117 Å². The number of rotatable bonds is 0. The maximum absolute atomic E-state index is 11.1. The summed E-state index contributed by atoms with van der Waals surface area (Å²) in [6.45, 7) is 0. The molecule has 0 spiro atoms. The van der Waals surface area contributed by atoms with Gasteiger partial charge in [0.2, 0.25) is 0 Å². The topological polar surface area (TPSA) is 335 Å². The third-order valence-electron chi connectivity index (χ3n) is 8.09. The van der Waals surface area contributed by atoms with Gasteiger partial charge in [0.05, 0.1) is 25.8 Å². The second-order valence-electron chi connectivity index (χ2n) is 12.0. The normalized spacial score (nSPS) is 17.6. The van der Waals surface area contributed by atoms with Crippen molar-refractivity contribution in [3.63, 3.8) is 0 Å². The largest absolute Gasteiger partial charge is 2.00 e. The SMILES string of the molecule is O=C1NS(=O)(=O)c2ccccc21.O=C1NS(=O)(=O)c2ccccc21.O=S1(=O)N=C([O-])c2ccccc21.O=S1(=O)N=C([O-])c2ccccc21.O=S1(=O)N=C([O-])c2ccccc21.[Ca+2].[K+].[Na+]. The van der Waals surface area contributed by atoms with E-state index in [9.17, 15) is 67.0 Å². The molecular formula is C35H22CaKN5NaO15S5+. The minimum atomic E-state index is -3.68. The number of nitrogens with zero attached hydrogens (tertiary/aromatic N) is 3. The van der Waals surface area contributed by atoms with Gasteiger partial charge in [-0.25, -0.2) is 26.3 Å². The molecule has 10 rings (SSSR count). The number of sulfonamides is 5. The molecule has 5 aromatic carbocycles.